The maximum absolute atomic E-state index is 13.5. The number of nitrogens with zero attached hydrogens (tertiary/aromatic N) is 3. The van der Waals surface area contributed by atoms with Gasteiger partial charge >= 0.3 is 8.05 Å². The van der Waals surface area contributed by atoms with Crippen molar-refractivity contribution in [3.05, 3.63) is 81.3 Å². The van der Waals surface area contributed by atoms with Gasteiger partial charge in [-0.1, -0.05) is 46.6 Å². The van der Waals surface area contributed by atoms with Crippen LogP contribution in [0.3, 0.4) is 0 Å². The van der Waals surface area contributed by atoms with Crippen molar-refractivity contribution < 1.29 is 28.3 Å². The first-order chi connectivity index (χ1) is 20.2. The molecule has 13 heteroatoms. The van der Waals surface area contributed by atoms with E-state index in [1.54, 1.807) is 36.4 Å². The number of hydrogen-bond acceptors (Lipinski definition) is 7. The average Bonchev–Trinajstić information content (AvgIpc) is 3.71. The van der Waals surface area contributed by atoms with E-state index in [0.29, 0.717) is 52.7 Å². The van der Waals surface area contributed by atoms with Crippen molar-refractivity contribution in [2.45, 2.75) is 37.8 Å². The SMILES string of the molecule is BOC(=O)CCc1cc([C@@H]2C[C@H](OC)CN2C(=O)Cc2cc(Cl)c(NC(=O)c3cn(C)c4ccccc34)cc2Cl)no1. The van der Waals surface area contributed by atoms with Crippen LogP contribution in [0.5, 0.6) is 0 Å². The fraction of sp³-hybridized carbons (Fsp3) is 0.310. The number of benzene rings is 2. The van der Waals surface area contributed by atoms with Gasteiger partial charge < -0.3 is 28.7 Å². The van der Waals surface area contributed by atoms with E-state index in [9.17, 15) is 14.4 Å². The molecular formula is C29H29BCl2N4O6. The number of fused-ring (bicyclic) bond motifs is 1. The molecule has 2 atom stereocenters. The molecule has 2 aromatic heterocycles. The second kappa shape index (κ2) is 12.6. The third kappa shape index (κ3) is 6.18. The number of likely N-dealkylation sites (tertiary alicyclic amines) is 1. The molecule has 0 spiro atoms. The molecular weight excluding hydrogens is 582 g/mol. The van der Waals surface area contributed by atoms with Gasteiger partial charge in [0.25, 0.3) is 11.9 Å². The van der Waals surface area contributed by atoms with Gasteiger partial charge in [0.15, 0.2) is 0 Å². The van der Waals surface area contributed by atoms with Crippen molar-refractivity contribution in [1.29, 1.82) is 0 Å². The summed E-state index contributed by atoms with van der Waals surface area (Å²) in [6.07, 6.45) is 2.61. The van der Waals surface area contributed by atoms with E-state index < -0.39 is 0 Å². The van der Waals surface area contributed by atoms with E-state index in [-0.39, 0.29) is 47.8 Å². The fourth-order valence-electron chi connectivity index (χ4n) is 5.25. The molecule has 1 saturated heterocycles. The highest BCUT2D eigenvalue weighted by Gasteiger charge is 2.38. The smallest absolute Gasteiger partial charge is 0.325 e. The predicted molar refractivity (Wildman–Crippen MR) is 160 cm³/mol. The zero-order chi connectivity index (χ0) is 30.0. The van der Waals surface area contributed by atoms with E-state index in [1.807, 2.05) is 35.9 Å². The molecule has 10 nitrogen and oxygen atoms in total. The molecule has 42 heavy (non-hydrogen) atoms. The number of aromatic nitrogens is 2. The molecule has 1 aliphatic heterocycles. The molecule has 1 N–H and O–H groups in total. The van der Waals surface area contributed by atoms with E-state index in [1.165, 1.54) is 8.05 Å². The van der Waals surface area contributed by atoms with Crippen LogP contribution in [0.25, 0.3) is 10.9 Å². The number of halogens is 2. The summed E-state index contributed by atoms with van der Waals surface area (Å²) in [6.45, 7) is 0.370. The van der Waals surface area contributed by atoms with Crippen molar-refractivity contribution >= 4 is 65.6 Å². The summed E-state index contributed by atoms with van der Waals surface area (Å²) < 4.78 is 17.5. The largest absolute Gasteiger partial charge is 0.543 e. The van der Waals surface area contributed by atoms with Crippen LogP contribution in [0.2, 0.25) is 10.0 Å². The van der Waals surface area contributed by atoms with Crippen molar-refractivity contribution in [2.24, 2.45) is 7.05 Å². The van der Waals surface area contributed by atoms with Gasteiger partial charge in [-0.3, -0.25) is 14.4 Å². The van der Waals surface area contributed by atoms with Crippen LogP contribution in [0.4, 0.5) is 5.69 Å². The summed E-state index contributed by atoms with van der Waals surface area (Å²) in [5.41, 5.74) is 2.89. The molecule has 218 valence electrons. The summed E-state index contributed by atoms with van der Waals surface area (Å²) in [6, 6.07) is 12.2. The zero-order valence-electron chi connectivity index (χ0n) is 23.4. The Hall–Kier alpha value is -3.80. The van der Waals surface area contributed by atoms with Gasteiger partial charge in [0.2, 0.25) is 5.91 Å². The summed E-state index contributed by atoms with van der Waals surface area (Å²) in [5.74, 6) is -0.332. The molecule has 2 aromatic carbocycles. The van der Waals surface area contributed by atoms with Crippen molar-refractivity contribution in [1.82, 2.24) is 14.6 Å². The van der Waals surface area contributed by atoms with Crippen LogP contribution < -0.4 is 5.32 Å². The Kier molecular flexibility index (Phi) is 8.91. The Morgan fingerprint density at radius 1 is 1.17 bits per heavy atom. The van der Waals surface area contributed by atoms with Gasteiger partial charge in [-0.05, 0) is 23.8 Å². The Morgan fingerprint density at radius 2 is 1.95 bits per heavy atom. The van der Waals surface area contributed by atoms with Crippen LogP contribution >= 0.6 is 23.2 Å². The normalized spacial score (nSPS) is 16.6. The minimum absolute atomic E-state index is 0.0178. The van der Waals surface area contributed by atoms with E-state index in [4.69, 9.17) is 32.5 Å². The number of amides is 2. The molecule has 0 unspecified atom stereocenters. The quantitative estimate of drug-likeness (QED) is 0.281. The maximum Gasteiger partial charge on any atom is 0.325 e. The number of aryl methyl sites for hydroxylation is 2. The summed E-state index contributed by atoms with van der Waals surface area (Å²) in [4.78, 5) is 39.8. The first-order valence-electron chi connectivity index (χ1n) is 13.4. The number of ether oxygens (including phenoxy) is 1. The Morgan fingerprint density at radius 3 is 2.71 bits per heavy atom. The van der Waals surface area contributed by atoms with Gasteiger partial charge in [-0.2, -0.15) is 0 Å². The van der Waals surface area contributed by atoms with E-state index >= 15 is 0 Å². The third-order valence-corrected chi connectivity index (χ3v) is 8.17. The highest BCUT2D eigenvalue weighted by Crippen LogP contribution is 2.36. The molecule has 1 aliphatic rings. The molecule has 0 aliphatic carbocycles. The number of hydrogen-bond donors (Lipinski definition) is 1. The lowest BCUT2D eigenvalue weighted by Gasteiger charge is -2.23. The van der Waals surface area contributed by atoms with Crippen molar-refractivity contribution in [3.63, 3.8) is 0 Å². The lowest BCUT2D eigenvalue weighted by molar-refractivity contribution is -0.134. The molecule has 2 amide bonds. The number of rotatable bonds is 9. The summed E-state index contributed by atoms with van der Waals surface area (Å²) in [7, 11) is 4.81. The number of para-hydroxylation sites is 1. The van der Waals surface area contributed by atoms with E-state index in [2.05, 4.69) is 15.1 Å². The summed E-state index contributed by atoms with van der Waals surface area (Å²) >= 11 is 13.1. The Labute approximate surface area is 253 Å². The van der Waals surface area contributed by atoms with Gasteiger partial charge in [0, 0.05) is 61.7 Å². The molecule has 0 bridgehead atoms. The highest BCUT2D eigenvalue weighted by molar-refractivity contribution is 6.36. The van der Waals surface area contributed by atoms with Crippen LogP contribution in [-0.4, -0.2) is 60.2 Å². The summed E-state index contributed by atoms with van der Waals surface area (Å²) in [5, 5.41) is 8.38. The minimum atomic E-state index is -0.369. The monoisotopic (exact) mass is 610 g/mol. The first-order valence-corrected chi connectivity index (χ1v) is 14.1. The number of carbonyl (C=O) groups is 3. The van der Waals surface area contributed by atoms with Crippen LogP contribution in [-0.2, 0) is 38.9 Å². The number of anilines is 1. The fourth-order valence-corrected chi connectivity index (χ4v) is 5.72. The van der Waals surface area contributed by atoms with E-state index in [0.717, 1.165) is 10.9 Å². The Balaban J connectivity index is 1.30. The topological polar surface area (TPSA) is 116 Å². The van der Waals surface area contributed by atoms with Crippen LogP contribution in [0, 0.1) is 0 Å². The highest BCUT2D eigenvalue weighted by atomic mass is 35.5. The Bertz CT molecular complexity index is 1650. The maximum atomic E-state index is 13.5. The van der Waals surface area contributed by atoms with Gasteiger partial charge in [-0.25, -0.2) is 0 Å². The van der Waals surface area contributed by atoms with Gasteiger partial charge in [0.05, 0.1) is 41.3 Å². The third-order valence-electron chi connectivity index (χ3n) is 7.51. The number of carbonyl (C=O) groups excluding carboxylic acids is 3. The minimum Gasteiger partial charge on any atom is -0.543 e. The second-order valence-corrected chi connectivity index (χ2v) is 11.0. The molecule has 0 saturated carbocycles. The zero-order valence-corrected chi connectivity index (χ0v) is 24.9. The van der Waals surface area contributed by atoms with Crippen molar-refractivity contribution in [2.75, 3.05) is 19.0 Å². The molecule has 3 heterocycles. The standard InChI is InChI=1S/C29H29BCl2N4O6/c1-35-15-20(19-5-3-4-6-25(19)35)29(39)33-23-13-21(31)16(9-22(23)32)10-27(37)36-14-18(40-2)12-26(36)24-11-17(42-34-24)7-8-28(38)41-30/h3-6,9,11,13,15,18,26H,7-8,10,12,14,30H2,1-2H3,(H,33,39)/t18-,26-/m0/s1. The first kappa shape index (κ1) is 29.7. The number of methoxy groups -OCH3 is 1. The second-order valence-electron chi connectivity index (χ2n) is 10.2. The van der Waals surface area contributed by atoms with Gasteiger partial charge in [-0.15, -0.1) is 0 Å². The molecule has 0 radical (unpaired) electrons. The number of nitrogens with one attached hydrogen (secondary N) is 1. The lowest BCUT2D eigenvalue weighted by atomic mass is 10.1. The lowest BCUT2D eigenvalue weighted by Crippen LogP contribution is -2.33. The van der Waals surface area contributed by atoms with Crippen LogP contribution in [0.1, 0.15) is 46.3 Å². The molecule has 4 aromatic rings. The molecule has 1 fully saturated rings. The van der Waals surface area contributed by atoms with Crippen LogP contribution in [0.15, 0.2) is 53.2 Å². The predicted octanol–water partition coefficient (Wildman–Crippen LogP) is 4.28. The van der Waals surface area contributed by atoms with Gasteiger partial charge in [0.1, 0.15) is 11.5 Å². The average molecular weight is 611 g/mol. The van der Waals surface area contributed by atoms with Crippen molar-refractivity contribution in [3.8, 4) is 0 Å². The molecule has 5 rings (SSSR count).